The number of rotatable bonds is 4. The second-order valence-electron chi connectivity index (χ2n) is 10.3. The Balaban J connectivity index is 2.13. The van der Waals surface area contributed by atoms with Gasteiger partial charge in [0, 0.05) is 0 Å². The van der Waals surface area contributed by atoms with Crippen molar-refractivity contribution in [2.75, 3.05) is 0 Å². The van der Waals surface area contributed by atoms with Gasteiger partial charge in [0.05, 0.1) is 22.4 Å². The molecule has 1 aromatic rings. The lowest BCUT2D eigenvalue weighted by molar-refractivity contribution is 0.00578. The molecule has 0 radical (unpaired) electrons. The van der Waals surface area contributed by atoms with Gasteiger partial charge in [-0.15, -0.1) is 0 Å². The predicted molar refractivity (Wildman–Crippen MR) is 127 cm³/mol. The SMILES string of the molecule is C/C=C/c1cc(/C=C/C)c(B2OC(C)(C)C(C)(C)O2)cc1B1OC(C)(C)C(C)(C)O1. The highest BCUT2D eigenvalue weighted by molar-refractivity contribution is 6.67. The minimum atomic E-state index is -0.456. The lowest BCUT2D eigenvalue weighted by Gasteiger charge is -2.32. The molecule has 0 bridgehead atoms. The summed E-state index contributed by atoms with van der Waals surface area (Å²) in [6.07, 6.45) is 8.28. The molecule has 0 aromatic heterocycles. The summed E-state index contributed by atoms with van der Waals surface area (Å²) in [6.45, 7) is 20.6. The van der Waals surface area contributed by atoms with Gasteiger partial charge in [-0.05, 0) is 97.4 Å². The summed E-state index contributed by atoms with van der Waals surface area (Å²) in [5.41, 5.74) is 2.51. The molecule has 2 aliphatic heterocycles. The van der Waals surface area contributed by atoms with Crippen molar-refractivity contribution in [2.45, 2.75) is 91.6 Å². The molecule has 3 rings (SSSR count). The van der Waals surface area contributed by atoms with Crippen molar-refractivity contribution in [2.24, 2.45) is 0 Å². The maximum Gasteiger partial charge on any atom is 0.495 e. The van der Waals surface area contributed by atoms with Crippen molar-refractivity contribution in [3.8, 4) is 0 Å². The zero-order chi connectivity index (χ0) is 22.5. The summed E-state index contributed by atoms with van der Waals surface area (Å²) >= 11 is 0. The van der Waals surface area contributed by atoms with Gasteiger partial charge in [-0.1, -0.05) is 30.4 Å². The van der Waals surface area contributed by atoms with E-state index in [0.717, 1.165) is 22.1 Å². The summed E-state index contributed by atoms with van der Waals surface area (Å²) in [7, 11) is -0.913. The van der Waals surface area contributed by atoms with Gasteiger partial charge >= 0.3 is 14.2 Å². The van der Waals surface area contributed by atoms with Gasteiger partial charge in [-0.3, -0.25) is 0 Å². The van der Waals surface area contributed by atoms with E-state index >= 15 is 0 Å². The normalized spacial score (nSPS) is 24.5. The smallest absolute Gasteiger partial charge is 0.399 e. The Morgan fingerprint density at radius 1 is 0.567 bits per heavy atom. The fourth-order valence-electron chi connectivity index (χ4n) is 3.66. The van der Waals surface area contributed by atoms with Crippen LogP contribution >= 0.6 is 0 Å². The Labute approximate surface area is 183 Å². The zero-order valence-electron chi connectivity index (χ0n) is 20.3. The Kier molecular flexibility index (Phi) is 5.96. The van der Waals surface area contributed by atoms with E-state index < -0.39 is 36.6 Å². The standard InChI is InChI=1S/C24H36B2O4/c1-11-13-17-15-18(14-12-2)20(26-29-23(7,8)24(9,10)30-26)16-19(17)25-27-21(3,4)22(5,6)28-25/h11-16H,1-10H3/b13-11+,14-12+. The van der Waals surface area contributed by atoms with E-state index in [1.807, 2.05) is 26.0 Å². The second kappa shape index (κ2) is 7.67. The largest absolute Gasteiger partial charge is 0.495 e. The number of hydrogen-bond acceptors (Lipinski definition) is 4. The molecule has 2 aliphatic rings. The molecule has 30 heavy (non-hydrogen) atoms. The van der Waals surface area contributed by atoms with Crippen LogP contribution in [0.1, 0.15) is 80.4 Å². The van der Waals surface area contributed by atoms with E-state index in [-0.39, 0.29) is 0 Å². The maximum absolute atomic E-state index is 6.38. The lowest BCUT2D eigenvalue weighted by atomic mass is 9.67. The minimum absolute atomic E-state index is 0.405. The molecule has 2 saturated heterocycles. The van der Waals surface area contributed by atoms with Crippen LogP contribution in [0.3, 0.4) is 0 Å². The Morgan fingerprint density at radius 2 is 0.867 bits per heavy atom. The van der Waals surface area contributed by atoms with Crippen LogP contribution in [0.5, 0.6) is 0 Å². The van der Waals surface area contributed by atoms with Gasteiger partial charge < -0.3 is 18.6 Å². The van der Waals surface area contributed by atoms with Crippen LogP contribution in [0, 0.1) is 0 Å². The van der Waals surface area contributed by atoms with Gasteiger partial charge in [0.25, 0.3) is 0 Å². The first-order chi connectivity index (χ1) is 13.7. The van der Waals surface area contributed by atoms with E-state index in [4.69, 9.17) is 18.6 Å². The topological polar surface area (TPSA) is 36.9 Å². The fourth-order valence-corrected chi connectivity index (χ4v) is 3.66. The first-order valence-electron chi connectivity index (χ1n) is 10.9. The van der Waals surface area contributed by atoms with Crippen LogP contribution in [0.15, 0.2) is 24.3 Å². The fraction of sp³-hybridized carbons (Fsp3) is 0.583. The number of allylic oxidation sites excluding steroid dienone is 2. The highest BCUT2D eigenvalue weighted by Crippen LogP contribution is 2.38. The molecule has 1 aromatic carbocycles. The Morgan fingerprint density at radius 3 is 1.13 bits per heavy atom. The van der Waals surface area contributed by atoms with Crippen molar-refractivity contribution in [3.63, 3.8) is 0 Å². The van der Waals surface area contributed by atoms with Crippen molar-refractivity contribution in [1.29, 1.82) is 0 Å². The minimum Gasteiger partial charge on any atom is -0.399 e. The predicted octanol–water partition coefficient (Wildman–Crippen LogP) is 4.35. The molecule has 2 heterocycles. The van der Waals surface area contributed by atoms with Crippen LogP contribution in [-0.2, 0) is 18.6 Å². The van der Waals surface area contributed by atoms with E-state index in [0.29, 0.717) is 0 Å². The third-order valence-electron chi connectivity index (χ3n) is 7.00. The molecule has 0 N–H and O–H groups in total. The first kappa shape index (κ1) is 23.3. The van der Waals surface area contributed by atoms with Gasteiger partial charge in [0.2, 0.25) is 0 Å². The van der Waals surface area contributed by atoms with Gasteiger partial charge in [0.1, 0.15) is 0 Å². The van der Waals surface area contributed by atoms with Crippen LogP contribution < -0.4 is 10.9 Å². The van der Waals surface area contributed by atoms with Crippen LogP contribution in [-0.4, -0.2) is 36.6 Å². The molecule has 0 amide bonds. The van der Waals surface area contributed by atoms with Crippen molar-refractivity contribution in [3.05, 3.63) is 35.4 Å². The number of hydrogen-bond donors (Lipinski definition) is 0. The van der Waals surface area contributed by atoms with Crippen LogP contribution in [0.2, 0.25) is 0 Å². The molecule has 0 spiro atoms. The molecule has 6 heteroatoms. The van der Waals surface area contributed by atoms with E-state index in [9.17, 15) is 0 Å². The van der Waals surface area contributed by atoms with Crippen LogP contribution in [0.25, 0.3) is 12.2 Å². The molecule has 0 saturated carbocycles. The quantitative estimate of drug-likeness (QED) is 0.692. The average molecular weight is 410 g/mol. The van der Waals surface area contributed by atoms with E-state index in [1.54, 1.807) is 0 Å². The molecule has 0 unspecified atom stereocenters. The van der Waals surface area contributed by atoms with Gasteiger partial charge in [-0.2, -0.15) is 0 Å². The zero-order valence-corrected chi connectivity index (χ0v) is 20.3. The number of benzene rings is 1. The molecule has 4 nitrogen and oxygen atoms in total. The third kappa shape index (κ3) is 3.95. The highest BCUT2D eigenvalue weighted by atomic mass is 16.7. The lowest BCUT2D eigenvalue weighted by Crippen LogP contribution is -2.43. The second-order valence-corrected chi connectivity index (χ2v) is 10.3. The van der Waals surface area contributed by atoms with E-state index in [1.165, 1.54) is 0 Å². The summed E-state index contributed by atoms with van der Waals surface area (Å²) < 4.78 is 25.5. The molecule has 0 aliphatic carbocycles. The Hall–Kier alpha value is -1.33. The first-order valence-corrected chi connectivity index (χ1v) is 10.9. The molecule has 0 atom stereocenters. The summed E-state index contributed by atoms with van der Waals surface area (Å²) in [5.74, 6) is 0. The maximum atomic E-state index is 6.38. The van der Waals surface area contributed by atoms with Crippen molar-refractivity contribution in [1.82, 2.24) is 0 Å². The van der Waals surface area contributed by atoms with Gasteiger partial charge in [-0.25, -0.2) is 0 Å². The Bertz CT molecular complexity index is 769. The highest BCUT2D eigenvalue weighted by Gasteiger charge is 2.54. The van der Waals surface area contributed by atoms with E-state index in [2.05, 4.69) is 79.7 Å². The monoisotopic (exact) mass is 410 g/mol. The summed E-state index contributed by atoms with van der Waals surface area (Å²) in [5, 5.41) is 0. The molecular weight excluding hydrogens is 374 g/mol. The molecule has 162 valence electrons. The summed E-state index contributed by atoms with van der Waals surface area (Å²) in [6, 6.07) is 4.30. The van der Waals surface area contributed by atoms with Crippen molar-refractivity contribution >= 4 is 37.3 Å². The van der Waals surface area contributed by atoms with Crippen LogP contribution in [0.4, 0.5) is 0 Å². The molecular formula is C24H36B2O4. The third-order valence-corrected chi connectivity index (χ3v) is 7.00. The average Bonchev–Trinajstić information content (AvgIpc) is 2.95. The summed E-state index contributed by atoms with van der Waals surface area (Å²) in [4.78, 5) is 0. The molecule has 2 fully saturated rings. The van der Waals surface area contributed by atoms with Crippen molar-refractivity contribution < 1.29 is 18.6 Å². The van der Waals surface area contributed by atoms with Gasteiger partial charge in [0.15, 0.2) is 0 Å².